The standard InChI is InChI=1S/C12H12N2O/c15-12-13-8-4-9-14(12)10-7-11-5-2-1-3-6-11/h1-7,9-10H,8H2,(H,13,15). The zero-order chi connectivity index (χ0) is 10.5. The van der Waals surface area contributed by atoms with E-state index in [-0.39, 0.29) is 6.03 Å². The highest BCUT2D eigenvalue weighted by Gasteiger charge is 2.08. The molecule has 0 spiro atoms. The van der Waals surface area contributed by atoms with Gasteiger partial charge in [0.1, 0.15) is 0 Å². The number of rotatable bonds is 2. The minimum Gasteiger partial charge on any atom is -0.334 e. The molecule has 1 aromatic rings. The SMILES string of the molecule is O=C1NCC=CN1C=Cc1ccccc1. The Balaban J connectivity index is 2.08. The summed E-state index contributed by atoms with van der Waals surface area (Å²) in [6.07, 6.45) is 7.31. The Kier molecular flexibility index (Phi) is 2.83. The van der Waals surface area contributed by atoms with E-state index in [2.05, 4.69) is 5.32 Å². The Morgan fingerprint density at radius 1 is 1.27 bits per heavy atom. The Hall–Kier alpha value is -2.03. The predicted octanol–water partition coefficient (Wildman–Crippen LogP) is 2.20. The van der Waals surface area contributed by atoms with E-state index in [0.29, 0.717) is 6.54 Å². The lowest BCUT2D eigenvalue weighted by Gasteiger charge is -2.17. The lowest BCUT2D eigenvalue weighted by molar-refractivity contribution is 0.225. The fourth-order valence-electron chi connectivity index (χ4n) is 1.32. The molecule has 1 N–H and O–H groups in total. The fourth-order valence-corrected chi connectivity index (χ4v) is 1.32. The summed E-state index contributed by atoms with van der Waals surface area (Å²) in [4.78, 5) is 12.9. The van der Waals surface area contributed by atoms with E-state index in [1.807, 2.05) is 42.5 Å². The molecule has 2 amide bonds. The molecule has 0 saturated heterocycles. The van der Waals surface area contributed by atoms with E-state index in [4.69, 9.17) is 0 Å². The molecule has 3 heteroatoms. The molecule has 1 aliphatic rings. The van der Waals surface area contributed by atoms with Gasteiger partial charge >= 0.3 is 6.03 Å². The first kappa shape index (κ1) is 9.52. The van der Waals surface area contributed by atoms with Crippen LogP contribution in [0.2, 0.25) is 0 Å². The summed E-state index contributed by atoms with van der Waals surface area (Å²) in [7, 11) is 0. The van der Waals surface area contributed by atoms with Crippen molar-refractivity contribution in [3.8, 4) is 0 Å². The van der Waals surface area contributed by atoms with Gasteiger partial charge in [-0.2, -0.15) is 0 Å². The lowest BCUT2D eigenvalue weighted by Crippen LogP contribution is -2.36. The van der Waals surface area contributed by atoms with Crippen LogP contribution in [0, 0.1) is 0 Å². The molecule has 0 bridgehead atoms. The minimum atomic E-state index is -0.0929. The van der Waals surface area contributed by atoms with Crippen molar-refractivity contribution in [3.63, 3.8) is 0 Å². The minimum absolute atomic E-state index is 0.0929. The smallest absolute Gasteiger partial charge is 0.325 e. The topological polar surface area (TPSA) is 32.3 Å². The largest absolute Gasteiger partial charge is 0.334 e. The number of hydrogen-bond donors (Lipinski definition) is 1. The van der Waals surface area contributed by atoms with Gasteiger partial charge in [0.15, 0.2) is 0 Å². The van der Waals surface area contributed by atoms with Gasteiger partial charge in [-0.15, -0.1) is 0 Å². The van der Waals surface area contributed by atoms with E-state index in [1.54, 1.807) is 12.4 Å². The van der Waals surface area contributed by atoms with E-state index in [0.717, 1.165) is 5.56 Å². The maximum absolute atomic E-state index is 11.3. The molecule has 0 atom stereocenters. The van der Waals surface area contributed by atoms with Gasteiger partial charge in [0.2, 0.25) is 0 Å². The number of amides is 2. The summed E-state index contributed by atoms with van der Waals surface area (Å²) < 4.78 is 0. The van der Waals surface area contributed by atoms with Crippen LogP contribution in [0.4, 0.5) is 4.79 Å². The van der Waals surface area contributed by atoms with Crippen molar-refractivity contribution < 1.29 is 4.79 Å². The van der Waals surface area contributed by atoms with Gasteiger partial charge in [0.05, 0.1) is 0 Å². The summed E-state index contributed by atoms with van der Waals surface area (Å²) in [6.45, 7) is 0.606. The summed E-state index contributed by atoms with van der Waals surface area (Å²) in [5, 5.41) is 2.72. The Bertz CT molecular complexity index is 395. The molecule has 2 rings (SSSR count). The van der Waals surface area contributed by atoms with Gasteiger partial charge < -0.3 is 5.32 Å². The van der Waals surface area contributed by atoms with Crippen molar-refractivity contribution in [1.29, 1.82) is 0 Å². The summed E-state index contributed by atoms with van der Waals surface area (Å²) in [6, 6.07) is 9.77. The highest BCUT2D eigenvalue weighted by Crippen LogP contribution is 2.04. The first-order valence-corrected chi connectivity index (χ1v) is 4.82. The third-order valence-corrected chi connectivity index (χ3v) is 2.10. The average Bonchev–Trinajstić information content (AvgIpc) is 2.29. The number of benzene rings is 1. The lowest BCUT2D eigenvalue weighted by atomic mass is 10.2. The maximum atomic E-state index is 11.3. The second kappa shape index (κ2) is 4.46. The molecule has 76 valence electrons. The molecule has 0 aliphatic carbocycles. The van der Waals surface area contributed by atoms with Crippen molar-refractivity contribution in [2.75, 3.05) is 6.54 Å². The first-order chi connectivity index (χ1) is 7.36. The van der Waals surface area contributed by atoms with Crippen molar-refractivity contribution in [1.82, 2.24) is 10.2 Å². The van der Waals surface area contributed by atoms with Gasteiger partial charge in [0, 0.05) is 18.9 Å². The Morgan fingerprint density at radius 2 is 2.07 bits per heavy atom. The van der Waals surface area contributed by atoms with Crippen molar-refractivity contribution in [2.24, 2.45) is 0 Å². The predicted molar refractivity (Wildman–Crippen MR) is 59.9 cm³/mol. The van der Waals surface area contributed by atoms with Gasteiger partial charge in [-0.1, -0.05) is 30.3 Å². The summed E-state index contributed by atoms with van der Waals surface area (Å²) >= 11 is 0. The van der Waals surface area contributed by atoms with E-state index in [9.17, 15) is 4.79 Å². The molecule has 1 aliphatic heterocycles. The highest BCUT2D eigenvalue weighted by molar-refractivity contribution is 5.78. The van der Waals surface area contributed by atoms with Gasteiger partial charge in [0.25, 0.3) is 0 Å². The number of nitrogens with one attached hydrogen (secondary N) is 1. The van der Waals surface area contributed by atoms with E-state index in [1.165, 1.54) is 4.90 Å². The van der Waals surface area contributed by atoms with Gasteiger partial charge in [-0.05, 0) is 17.7 Å². The van der Waals surface area contributed by atoms with Crippen molar-refractivity contribution >= 4 is 12.1 Å². The van der Waals surface area contributed by atoms with E-state index >= 15 is 0 Å². The van der Waals surface area contributed by atoms with E-state index < -0.39 is 0 Å². The number of carbonyl (C=O) groups is 1. The highest BCUT2D eigenvalue weighted by atomic mass is 16.2. The van der Waals surface area contributed by atoms with Crippen LogP contribution in [0.15, 0.2) is 48.8 Å². The molecule has 1 aromatic carbocycles. The van der Waals surface area contributed by atoms with Crippen molar-refractivity contribution in [2.45, 2.75) is 0 Å². The molecule has 0 radical (unpaired) electrons. The van der Waals surface area contributed by atoms with Gasteiger partial charge in [-0.25, -0.2) is 4.79 Å². The van der Waals surface area contributed by atoms with Crippen molar-refractivity contribution in [3.05, 3.63) is 54.4 Å². The molecule has 3 nitrogen and oxygen atoms in total. The molecule has 0 unspecified atom stereocenters. The van der Waals surface area contributed by atoms with Crippen LogP contribution < -0.4 is 5.32 Å². The average molecular weight is 200 g/mol. The normalized spacial score (nSPS) is 15.7. The fraction of sp³-hybridized carbons (Fsp3) is 0.0833. The quantitative estimate of drug-likeness (QED) is 0.779. The number of nitrogens with zero attached hydrogens (tertiary/aromatic N) is 1. The van der Waals surface area contributed by atoms with Crippen LogP contribution in [0.25, 0.3) is 6.08 Å². The van der Waals surface area contributed by atoms with Crippen LogP contribution >= 0.6 is 0 Å². The number of carbonyl (C=O) groups excluding carboxylic acids is 1. The second-order valence-electron chi connectivity index (χ2n) is 3.20. The third kappa shape index (κ3) is 2.47. The Labute approximate surface area is 88.7 Å². The molecule has 0 saturated carbocycles. The van der Waals surface area contributed by atoms with Crippen LogP contribution in [0.1, 0.15) is 5.56 Å². The third-order valence-electron chi connectivity index (χ3n) is 2.10. The molecule has 1 heterocycles. The van der Waals surface area contributed by atoms with Gasteiger partial charge in [-0.3, -0.25) is 4.90 Å². The molecule has 0 aromatic heterocycles. The monoisotopic (exact) mass is 200 g/mol. The zero-order valence-corrected chi connectivity index (χ0v) is 8.26. The summed E-state index contributed by atoms with van der Waals surface area (Å²) in [5.74, 6) is 0. The van der Waals surface area contributed by atoms with Crippen LogP contribution in [-0.2, 0) is 0 Å². The second-order valence-corrected chi connectivity index (χ2v) is 3.20. The molecule has 0 fully saturated rings. The summed E-state index contributed by atoms with van der Waals surface area (Å²) in [5.41, 5.74) is 1.07. The van der Waals surface area contributed by atoms with Crippen LogP contribution in [0.3, 0.4) is 0 Å². The maximum Gasteiger partial charge on any atom is 0.325 e. The Morgan fingerprint density at radius 3 is 2.80 bits per heavy atom. The zero-order valence-electron chi connectivity index (χ0n) is 8.26. The molecule has 15 heavy (non-hydrogen) atoms. The van der Waals surface area contributed by atoms with Crippen LogP contribution in [0.5, 0.6) is 0 Å². The molecular weight excluding hydrogens is 188 g/mol. The van der Waals surface area contributed by atoms with Crippen LogP contribution in [-0.4, -0.2) is 17.5 Å². The number of urea groups is 1. The number of hydrogen-bond acceptors (Lipinski definition) is 1. The molecular formula is C12H12N2O. The first-order valence-electron chi connectivity index (χ1n) is 4.82.